The predicted molar refractivity (Wildman–Crippen MR) is 117 cm³/mol. The molecule has 2 aromatic rings. The second-order valence-electron chi connectivity index (χ2n) is 6.96. The van der Waals surface area contributed by atoms with Crippen molar-refractivity contribution in [2.75, 3.05) is 23.7 Å². The number of nitrogens with zero attached hydrogens (tertiary/aromatic N) is 1. The van der Waals surface area contributed by atoms with Crippen molar-refractivity contribution in [1.29, 1.82) is 0 Å². The maximum atomic E-state index is 12.7. The number of ether oxygens (including phenoxy) is 1. The van der Waals surface area contributed by atoms with Gasteiger partial charge >= 0.3 is 0 Å². The zero-order valence-corrected chi connectivity index (χ0v) is 18.3. The molecule has 0 saturated heterocycles. The van der Waals surface area contributed by atoms with Gasteiger partial charge in [0.25, 0.3) is 0 Å². The molecule has 0 spiro atoms. The zero-order valence-electron chi connectivity index (χ0n) is 17.5. The summed E-state index contributed by atoms with van der Waals surface area (Å²) in [6.07, 6.45) is 2.44. The molecule has 0 bridgehead atoms. The Kier molecular flexibility index (Phi) is 8.08. The Labute approximate surface area is 173 Å². The van der Waals surface area contributed by atoms with Crippen molar-refractivity contribution in [3.05, 3.63) is 59.7 Å². The highest BCUT2D eigenvalue weighted by molar-refractivity contribution is 7.92. The molecule has 6 nitrogen and oxygen atoms in total. The van der Waals surface area contributed by atoms with Crippen molar-refractivity contribution in [2.24, 2.45) is 0 Å². The van der Waals surface area contributed by atoms with Crippen LogP contribution in [0, 0.1) is 6.92 Å². The summed E-state index contributed by atoms with van der Waals surface area (Å²) in [6, 6.07) is 14.1. The number of aryl methyl sites for hydroxylation is 2. The fourth-order valence-corrected chi connectivity index (χ4v) is 4.25. The van der Waals surface area contributed by atoms with Crippen LogP contribution in [0.4, 0.5) is 5.69 Å². The number of carbonyl (C=O) groups excluding carboxylic acids is 1. The number of carbonyl (C=O) groups is 1. The number of amides is 1. The normalized spacial score (nSPS) is 12.3. The molecule has 0 radical (unpaired) electrons. The molecule has 0 saturated carbocycles. The van der Waals surface area contributed by atoms with Gasteiger partial charge in [-0.15, -0.1) is 0 Å². The average molecular weight is 419 g/mol. The highest BCUT2D eigenvalue weighted by Crippen LogP contribution is 2.23. The van der Waals surface area contributed by atoms with Gasteiger partial charge in [0.2, 0.25) is 15.9 Å². The molecule has 0 fully saturated rings. The summed E-state index contributed by atoms with van der Waals surface area (Å²) >= 11 is 0. The minimum atomic E-state index is -3.63. The molecule has 0 aromatic heterocycles. The number of hydrogen-bond acceptors (Lipinski definition) is 4. The smallest absolute Gasteiger partial charge is 0.244 e. The maximum absolute atomic E-state index is 12.7. The van der Waals surface area contributed by atoms with Crippen molar-refractivity contribution in [3.8, 4) is 5.75 Å². The lowest BCUT2D eigenvalue weighted by atomic mass is 10.1. The third kappa shape index (κ3) is 6.49. The number of rotatable bonds is 10. The first-order valence-electron chi connectivity index (χ1n) is 9.81. The van der Waals surface area contributed by atoms with E-state index in [4.69, 9.17) is 4.74 Å². The molecule has 29 heavy (non-hydrogen) atoms. The van der Waals surface area contributed by atoms with Crippen molar-refractivity contribution in [1.82, 2.24) is 5.32 Å². The molecule has 0 unspecified atom stereocenters. The fraction of sp³-hybridized carbons (Fsp3) is 0.409. The first-order valence-corrected chi connectivity index (χ1v) is 11.7. The summed E-state index contributed by atoms with van der Waals surface area (Å²) < 4.78 is 31.7. The van der Waals surface area contributed by atoms with Gasteiger partial charge in [0.05, 0.1) is 18.5 Å². The van der Waals surface area contributed by atoms with Crippen molar-refractivity contribution < 1.29 is 17.9 Å². The second kappa shape index (κ2) is 10.3. The van der Waals surface area contributed by atoms with Gasteiger partial charge in [-0.25, -0.2) is 8.42 Å². The maximum Gasteiger partial charge on any atom is 0.244 e. The van der Waals surface area contributed by atoms with Crippen molar-refractivity contribution in [2.45, 2.75) is 39.7 Å². The topological polar surface area (TPSA) is 75.7 Å². The van der Waals surface area contributed by atoms with Gasteiger partial charge in [0.1, 0.15) is 18.4 Å². The molecule has 7 heteroatoms. The largest absolute Gasteiger partial charge is 0.492 e. The lowest BCUT2D eigenvalue weighted by Crippen LogP contribution is -2.50. The Balaban J connectivity index is 2.00. The first-order chi connectivity index (χ1) is 13.8. The molecule has 0 heterocycles. The van der Waals surface area contributed by atoms with E-state index in [-0.39, 0.29) is 12.5 Å². The molecule has 1 atom stereocenters. The van der Waals surface area contributed by atoms with Crippen LogP contribution >= 0.6 is 0 Å². The van der Waals surface area contributed by atoms with Gasteiger partial charge in [0, 0.05) is 0 Å². The first kappa shape index (κ1) is 22.7. The Morgan fingerprint density at radius 3 is 2.21 bits per heavy atom. The van der Waals surface area contributed by atoms with Gasteiger partial charge in [-0.05, 0) is 49.6 Å². The number of anilines is 1. The fourth-order valence-electron chi connectivity index (χ4n) is 3.03. The third-order valence-electron chi connectivity index (χ3n) is 4.62. The summed E-state index contributed by atoms with van der Waals surface area (Å²) in [7, 11) is -3.63. The van der Waals surface area contributed by atoms with E-state index >= 15 is 0 Å². The van der Waals surface area contributed by atoms with Crippen LogP contribution in [-0.4, -0.2) is 39.8 Å². The van der Waals surface area contributed by atoms with Crippen LogP contribution < -0.4 is 14.4 Å². The Bertz CT molecular complexity index is 893. The summed E-state index contributed by atoms with van der Waals surface area (Å²) in [5.41, 5.74) is 2.73. The molecule has 2 rings (SSSR count). The number of hydrogen-bond donors (Lipinski definition) is 1. The number of sulfonamides is 1. The Hall–Kier alpha value is -2.54. The molecule has 0 aliphatic rings. The molecular formula is C22H30N2O4S. The van der Waals surface area contributed by atoms with E-state index < -0.39 is 16.1 Å². The predicted octanol–water partition coefficient (Wildman–Crippen LogP) is 3.30. The van der Waals surface area contributed by atoms with Gasteiger partial charge in [-0.3, -0.25) is 9.10 Å². The minimum absolute atomic E-state index is 0.288. The standard InChI is InChI=1S/C22H30N2O4S/c1-5-18-9-13-20(14-10-18)28-16-15-23-22(25)21(6-2)24(29(4,26)27)19-11-7-17(3)8-12-19/h7-14,21H,5-6,15-16H2,1-4H3,(H,23,25)/t21-/m0/s1. The second-order valence-corrected chi connectivity index (χ2v) is 8.81. The van der Waals surface area contributed by atoms with Crippen LogP contribution in [0.2, 0.25) is 0 Å². The summed E-state index contributed by atoms with van der Waals surface area (Å²) in [5.74, 6) is 0.393. The minimum Gasteiger partial charge on any atom is -0.492 e. The van der Waals surface area contributed by atoms with E-state index in [1.165, 1.54) is 9.87 Å². The molecule has 0 aliphatic carbocycles. The van der Waals surface area contributed by atoms with E-state index in [2.05, 4.69) is 12.2 Å². The zero-order chi connectivity index (χ0) is 21.4. The van der Waals surface area contributed by atoms with Crippen LogP contribution in [0.5, 0.6) is 5.75 Å². The van der Waals surface area contributed by atoms with E-state index in [1.54, 1.807) is 19.1 Å². The molecule has 1 amide bonds. The van der Waals surface area contributed by atoms with Gasteiger partial charge < -0.3 is 10.1 Å². The summed E-state index contributed by atoms with van der Waals surface area (Å²) in [4.78, 5) is 12.7. The van der Waals surface area contributed by atoms with Crippen LogP contribution in [0.25, 0.3) is 0 Å². The monoisotopic (exact) mass is 418 g/mol. The quantitative estimate of drug-likeness (QED) is 0.601. The molecular weight excluding hydrogens is 388 g/mol. The van der Waals surface area contributed by atoms with Crippen LogP contribution in [0.3, 0.4) is 0 Å². The molecule has 158 valence electrons. The van der Waals surface area contributed by atoms with Gasteiger partial charge in [0.15, 0.2) is 0 Å². The lowest BCUT2D eigenvalue weighted by Gasteiger charge is -2.30. The van der Waals surface area contributed by atoms with Crippen molar-refractivity contribution in [3.63, 3.8) is 0 Å². The van der Waals surface area contributed by atoms with Crippen LogP contribution in [0.15, 0.2) is 48.5 Å². The highest BCUT2D eigenvalue weighted by atomic mass is 32.2. The molecule has 0 aliphatic heterocycles. The highest BCUT2D eigenvalue weighted by Gasteiger charge is 2.31. The SMILES string of the molecule is CCc1ccc(OCCNC(=O)[C@H](CC)N(c2ccc(C)cc2)S(C)(=O)=O)cc1. The Morgan fingerprint density at radius 2 is 1.69 bits per heavy atom. The van der Waals surface area contributed by atoms with E-state index in [9.17, 15) is 13.2 Å². The lowest BCUT2D eigenvalue weighted by molar-refractivity contribution is -0.122. The van der Waals surface area contributed by atoms with E-state index in [1.807, 2.05) is 43.3 Å². The summed E-state index contributed by atoms with van der Waals surface area (Å²) in [6.45, 7) is 6.40. The molecule has 1 N–H and O–H groups in total. The molecule has 2 aromatic carbocycles. The van der Waals surface area contributed by atoms with E-state index in [0.717, 1.165) is 24.0 Å². The third-order valence-corrected chi connectivity index (χ3v) is 5.80. The average Bonchev–Trinajstić information content (AvgIpc) is 2.69. The van der Waals surface area contributed by atoms with Gasteiger partial charge in [-0.2, -0.15) is 0 Å². The van der Waals surface area contributed by atoms with Crippen LogP contribution in [0.1, 0.15) is 31.4 Å². The Morgan fingerprint density at radius 1 is 1.07 bits per heavy atom. The van der Waals surface area contributed by atoms with Crippen molar-refractivity contribution >= 4 is 21.6 Å². The van der Waals surface area contributed by atoms with E-state index in [0.29, 0.717) is 18.7 Å². The van der Waals surface area contributed by atoms with Gasteiger partial charge in [-0.1, -0.05) is 43.7 Å². The number of benzene rings is 2. The number of nitrogens with one attached hydrogen (secondary N) is 1. The van der Waals surface area contributed by atoms with Crippen LogP contribution in [-0.2, 0) is 21.2 Å². The summed E-state index contributed by atoms with van der Waals surface area (Å²) in [5, 5.41) is 2.79.